The topological polar surface area (TPSA) is 41.8 Å². The number of hydrogen-bond acceptors (Lipinski definition) is 3. The molecule has 0 saturated carbocycles. The van der Waals surface area contributed by atoms with E-state index in [1.165, 1.54) is 0 Å². The minimum atomic E-state index is -0.419. The molecule has 0 bridgehead atoms. The molecule has 1 aromatic rings. The van der Waals surface area contributed by atoms with Crippen LogP contribution in [0.1, 0.15) is 31.1 Å². The molecular formula is C13H18FNO2. The SMILES string of the molecule is CO[C@H](c1ccc(/C(C)=N/O)cc1)[C@H](C)CF. The van der Waals surface area contributed by atoms with Gasteiger partial charge in [-0.05, 0) is 18.1 Å². The summed E-state index contributed by atoms with van der Waals surface area (Å²) >= 11 is 0. The van der Waals surface area contributed by atoms with Gasteiger partial charge < -0.3 is 9.94 Å². The first-order valence-corrected chi connectivity index (χ1v) is 5.51. The Morgan fingerprint density at radius 2 is 2.00 bits per heavy atom. The predicted octanol–water partition coefficient (Wildman–Crippen LogP) is 3.18. The molecule has 0 saturated heterocycles. The van der Waals surface area contributed by atoms with Crippen molar-refractivity contribution in [2.24, 2.45) is 11.1 Å². The van der Waals surface area contributed by atoms with Gasteiger partial charge >= 0.3 is 0 Å². The number of ether oxygens (including phenoxy) is 1. The largest absolute Gasteiger partial charge is 0.411 e. The van der Waals surface area contributed by atoms with Gasteiger partial charge in [-0.3, -0.25) is 4.39 Å². The lowest BCUT2D eigenvalue weighted by Gasteiger charge is -2.20. The highest BCUT2D eigenvalue weighted by Crippen LogP contribution is 2.26. The molecule has 17 heavy (non-hydrogen) atoms. The van der Waals surface area contributed by atoms with Crippen molar-refractivity contribution < 1.29 is 14.3 Å². The molecule has 0 heterocycles. The highest BCUT2D eigenvalue weighted by molar-refractivity contribution is 5.98. The van der Waals surface area contributed by atoms with Gasteiger partial charge in [-0.1, -0.05) is 36.3 Å². The number of rotatable bonds is 5. The Kier molecular flexibility index (Phi) is 5.10. The zero-order valence-corrected chi connectivity index (χ0v) is 10.4. The van der Waals surface area contributed by atoms with Crippen molar-refractivity contribution in [2.45, 2.75) is 20.0 Å². The lowest BCUT2D eigenvalue weighted by atomic mass is 9.97. The molecule has 0 spiro atoms. The van der Waals surface area contributed by atoms with Gasteiger partial charge in [0.05, 0.1) is 18.5 Å². The molecule has 3 nitrogen and oxygen atoms in total. The molecule has 0 fully saturated rings. The molecule has 1 rings (SSSR count). The van der Waals surface area contributed by atoms with E-state index >= 15 is 0 Å². The molecule has 4 heteroatoms. The Labute approximate surface area is 101 Å². The zero-order valence-electron chi connectivity index (χ0n) is 10.4. The molecule has 0 aliphatic rings. The average molecular weight is 239 g/mol. The van der Waals surface area contributed by atoms with Gasteiger partial charge in [-0.25, -0.2) is 0 Å². The highest BCUT2D eigenvalue weighted by atomic mass is 19.1. The number of nitrogens with zero attached hydrogens (tertiary/aromatic N) is 1. The molecule has 94 valence electrons. The summed E-state index contributed by atoms with van der Waals surface area (Å²) in [6.07, 6.45) is -0.250. The number of halogens is 1. The van der Waals surface area contributed by atoms with Crippen molar-refractivity contribution in [3.05, 3.63) is 35.4 Å². The third kappa shape index (κ3) is 3.27. The zero-order chi connectivity index (χ0) is 12.8. The van der Waals surface area contributed by atoms with Crippen LogP contribution in [0.4, 0.5) is 4.39 Å². The van der Waals surface area contributed by atoms with E-state index in [0.29, 0.717) is 5.71 Å². The fourth-order valence-corrected chi connectivity index (χ4v) is 1.75. The summed E-state index contributed by atoms with van der Waals surface area (Å²) < 4.78 is 17.9. The van der Waals surface area contributed by atoms with Crippen molar-refractivity contribution in [3.8, 4) is 0 Å². The number of hydrogen-bond donors (Lipinski definition) is 1. The second kappa shape index (κ2) is 6.35. The highest BCUT2D eigenvalue weighted by Gasteiger charge is 2.18. The van der Waals surface area contributed by atoms with Gasteiger partial charge in [0.1, 0.15) is 0 Å². The third-order valence-corrected chi connectivity index (χ3v) is 2.82. The fraction of sp³-hybridized carbons (Fsp3) is 0.462. The van der Waals surface area contributed by atoms with Gasteiger partial charge in [-0.15, -0.1) is 0 Å². The standard InChI is InChI=1S/C13H18FNO2/c1-9(8-14)13(17-3)12-6-4-11(5-7-12)10(2)15-16/h4-7,9,13,16H,8H2,1-3H3/b15-10+/t9-,13+/m1/s1. The van der Waals surface area contributed by atoms with E-state index in [1.807, 2.05) is 31.2 Å². The Bertz CT molecular complexity index is 376. The molecule has 0 aromatic heterocycles. The maximum atomic E-state index is 12.6. The maximum Gasteiger partial charge on any atom is 0.0948 e. The Morgan fingerprint density at radius 3 is 2.41 bits per heavy atom. The van der Waals surface area contributed by atoms with E-state index in [0.717, 1.165) is 11.1 Å². The molecule has 1 aromatic carbocycles. The minimum Gasteiger partial charge on any atom is -0.411 e. The van der Waals surface area contributed by atoms with Crippen LogP contribution in [0.2, 0.25) is 0 Å². The Balaban J connectivity index is 2.92. The molecule has 0 radical (unpaired) electrons. The van der Waals surface area contributed by atoms with E-state index in [2.05, 4.69) is 5.16 Å². The van der Waals surface area contributed by atoms with Crippen LogP contribution in [0.3, 0.4) is 0 Å². The van der Waals surface area contributed by atoms with Crippen LogP contribution in [0.5, 0.6) is 0 Å². The number of benzene rings is 1. The lowest BCUT2D eigenvalue weighted by Crippen LogP contribution is -2.13. The Morgan fingerprint density at radius 1 is 1.41 bits per heavy atom. The van der Waals surface area contributed by atoms with Crippen LogP contribution >= 0.6 is 0 Å². The number of alkyl halides is 1. The summed E-state index contributed by atoms with van der Waals surface area (Å²) in [5.41, 5.74) is 2.30. The average Bonchev–Trinajstić information content (AvgIpc) is 2.39. The second-order valence-electron chi connectivity index (χ2n) is 4.10. The van der Waals surface area contributed by atoms with E-state index in [-0.39, 0.29) is 12.0 Å². The normalized spacial score (nSPS) is 15.6. The van der Waals surface area contributed by atoms with Crippen molar-refractivity contribution in [1.29, 1.82) is 0 Å². The summed E-state index contributed by atoms with van der Waals surface area (Å²) in [5, 5.41) is 11.8. The molecular weight excluding hydrogens is 221 g/mol. The molecule has 0 unspecified atom stereocenters. The predicted molar refractivity (Wildman–Crippen MR) is 65.3 cm³/mol. The van der Waals surface area contributed by atoms with Crippen LogP contribution in [0, 0.1) is 5.92 Å². The van der Waals surface area contributed by atoms with Crippen LogP contribution in [-0.4, -0.2) is 24.7 Å². The van der Waals surface area contributed by atoms with Crippen molar-refractivity contribution in [3.63, 3.8) is 0 Å². The van der Waals surface area contributed by atoms with Gasteiger partial charge in [0.25, 0.3) is 0 Å². The monoisotopic (exact) mass is 239 g/mol. The third-order valence-electron chi connectivity index (χ3n) is 2.82. The van der Waals surface area contributed by atoms with Gasteiger partial charge in [0, 0.05) is 13.0 Å². The quantitative estimate of drug-likeness (QED) is 0.487. The molecule has 0 aliphatic carbocycles. The van der Waals surface area contributed by atoms with Crippen LogP contribution < -0.4 is 0 Å². The van der Waals surface area contributed by atoms with E-state index in [1.54, 1.807) is 14.0 Å². The van der Waals surface area contributed by atoms with Crippen LogP contribution in [-0.2, 0) is 4.74 Å². The first-order valence-electron chi connectivity index (χ1n) is 5.51. The maximum absolute atomic E-state index is 12.6. The summed E-state index contributed by atoms with van der Waals surface area (Å²) in [7, 11) is 1.57. The first kappa shape index (κ1) is 13.6. The molecule has 2 atom stereocenters. The summed E-state index contributed by atoms with van der Waals surface area (Å²) in [4.78, 5) is 0. The second-order valence-corrected chi connectivity index (χ2v) is 4.10. The van der Waals surface area contributed by atoms with Crippen LogP contribution in [0.15, 0.2) is 29.4 Å². The van der Waals surface area contributed by atoms with Crippen molar-refractivity contribution in [2.75, 3.05) is 13.8 Å². The number of oxime groups is 1. The smallest absolute Gasteiger partial charge is 0.0948 e. The molecule has 0 aliphatic heterocycles. The van der Waals surface area contributed by atoms with E-state index in [4.69, 9.17) is 9.94 Å². The Hall–Kier alpha value is -1.42. The summed E-state index contributed by atoms with van der Waals surface area (Å²) in [6, 6.07) is 7.40. The van der Waals surface area contributed by atoms with Crippen molar-refractivity contribution >= 4 is 5.71 Å². The van der Waals surface area contributed by atoms with Gasteiger partial charge in [0.2, 0.25) is 0 Å². The van der Waals surface area contributed by atoms with E-state index < -0.39 is 6.67 Å². The molecule has 1 N–H and O–H groups in total. The summed E-state index contributed by atoms with van der Waals surface area (Å²) in [6.45, 7) is 3.10. The van der Waals surface area contributed by atoms with Gasteiger partial charge in [-0.2, -0.15) is 0 Å². The first-order chi connectivity index (χ1) is 8.13. The fourth-order valence-electron chi connectivity index (χ4n) is 1.75. The van der Waals surface area contributed by atoms with E-state index in [9.17, 15) is 4.39 Å². The summed E-state index contributed by atoms with van der Waals surface area (Å²) in [5.74, 6) is -0.182. The minimum absolute atomic E-state index is 0.182. The molecule has 0 amide bonds. The van der Waals surface area contributed by atoms with Gasteiger partial charge in [0.15, 0.2) is 0 Å². The lowest BCUT2D eigenvalue weighted by molar-refractivity contribution is 0.0479. The van der Waals surface area contributed by atoms with Crippen LogP contribution in [0.25, 0.3) is 0 Å². The van der Waals surface area contributed by atoms with Crippen molar-refractivity contribution in [1.82, 2.24) is 0 Å². The number of methoxy groups -OCH3 is 1.